The minimum atomic E-state index is -0.159. The summed E-state index contributed by atoms with van der Waals surface area (Å²) >= 11 is 0. The lowest BCUT2D eigenvalue weighted by Gasteiger charge is -2.15. The minimum Gasteiger partial charge on any atom is -0.494 e. The van der Waals surface area contributed by atoms with Gasteiger partial charge in [0.1, 0.15) is 5.75 Å². The number of nitrogens with zero attached hydrogens (tertiary/aromatic N) is 2. The number of carbonyl (C=O) groups is 1. The van der Waals surface area contributed by atoms with E-state index < -0.39 is 0 Å². The van der Waals surface area contributed by atoms with Crippen LogP contribution in [0.15, 0.2) is 43.0 Å². The Morgan fingerprint density at radius 2 is 2.13 bits per heavy atom. The van der Waals surface area contributed by atoms with E-state index in [-0.39, 0.29) is 12.1 Å². The third-order valence-corrected chi connectivity index (χ3v) is 3.32. The van der Waals surface area contributed by atoms with Gasteiger partial charge in [0.05, 0.1) is 12.9 Å². The first-order valence-electron chi connectivity index (χ1n) is 7.83. The molecule has 0 saturated heterocycles. The van der Waals surface area contributed by atoms with Gasteiger partial charge in [-0.2, -0.15) is 0 Å². The fourth-order valence-electron chi connectivity index (χ4n) is 2.13. The number of aryl methyl sites for hydroxylation is 1. The van der Waals surface area contributed by atoms with E-state index in [9.17, 15) is 4.79 Å². The smallest absolute Gasteiger partial charge is 0.315 e. The summed E-state index contributed by atoms with van der Waals surface area (Å²) < 4.78 is 7.54. The van der Waals surface area contributed by atoms with Crippen molar-refractivity contribution in [2.24, 2.45) is 0 Å². The molecule has 0 saturated carbocycles. The van der Waals surface area contributed by atoms with Crippen LogP contribution in [0.25, 0.3) is 0 Å². The third kappa shape index (κ3) is 6.42. The zero-order valence-electron chi connectivity index (χ0n) is 13.7. The first-order valence-corrected chi connectivity index (χ1v) is 7.83. The maximum absolute atomic E-state index is 11.8. The molecule has 0 aliphatic heterocycles. The number of carbonyl (C=O) groups excluding carboxylic acids is 1. The molecule has 0 aliphatic rings. The molecule has 1 aromatic carbocycles. The summed E-state index contributed by atoms with van der Waals surface area (Å²) in [6.07, 6.45) is 6.09. The lowest BCUT2D eigenvalue weighted by atomic mass is 10.2. The van der Waals surface area contributed by atoms with Gasteiger partial charge in [-0.05, 0) is 32.4 Å². The number of ether oxygens (including phenoxy) is 1. The number of urea groups is 1. The van der Waals surface area contributed by atoms with Gasteiger partial charge in [0.2, 0.25) is 0 Å². The Morgan fingerprint density at radius 1 is 1.35 bits per heavy atom. The molecule has 2 amide bonds. The summed E-state index contributed by atoms with van der Waals surface area (Å²) in [5.41, 5.74) is 1.21. The molecule has 0 bridgehead atoms. The van der Waals surface area contributed by atoms with Crippen molar-refractivity contribution in [2.45, 2.75) is 32.9 Å². The zero-order chi connectivity index (χ0) is 16.5. The quantitative estimate of drug-likeness (QED) is 0.735. The topological polar surface area (TPSA) is 68.2 Å². The van der Waals surface area contributed by atoms with E-state index in [1.54, 1.807) is 12.5 Å². The Bertz CT molecular complexity index is 581. The molecule has 2 aromatic rings. The molecule has 1 aromatic heterocycles. The fraction of sp³-hybridized carbons (Fsp3) is 0.412. The Balaban J connectivity index is 1.55. The second kappa shape index (κ2) is 8.82. The molecule has 0 aliphatic carbocycles. The molecule has 6 nitrogen and oxygen atoms in total. The summed E-state index contributed by atoms with van der Waals surface area (Å²) in [4.78, 5) is 15.7. The highest BCUT2D eigenvalue weighted by molar-refractivity contribution is 5.74. The van der Waals surface area contributed by atoms with E-state index in [1.807, 2.05) is 48.9 Å². The summed E-state index contributed by atoms with van der Waals surface area (Å²) in [7, 11) is 0. The fourth-order valence-corrected chi connectivity index (χ4v) is 2.13. The highest BCUT2D eigenvalue weighted by Crippen LogP contribution is 2.11. The SMILES string of the molecule is Cc1ccc(OCCCNC(=O)NC(C)Cn2ccnc2)cc1. The lowest BCUT2D eigenvalue weighted by molar-refractivity contribution is 0.235. The number of hydrogen-bond donors (Lipinski definition) is 2. The van der Waals surface area contributed by atoms with Crippen LogP contribution in [0.5, 0.6) is 5.75 Å². The van der Waals surface area contributed by atoms with Gasteiger partial charge in [0.25, 0.3) is 0 Å². The number of aromatic nitrogens is 2. The van der Waals surface area contributed by atoms with E-state index >= 15 is 0 Å². The number of benzene rings is 1. The average molecular weight is 316 g/mol. The molecular formula is C17H24N4O2. The molecule has 0 radical (unpaired) electrons. The van der Waals surface area contributed by atoms with Crippen molar-refractivity contribution < 1.29 is 9.53 Å². The van der Waals surface area contributed by atoms with Crippen LogP contribution in [0.2, 0.25) is 0 Å². The lowest BCUT2D eigenvalue weighted by Crippen LogP contribution is -2.42. The first-order chi connectivity index (χ1) is 11.1. The molecule has 1 atom stereocenters. The van der Waals surface area contributed by atoms with Gasteiger partial charge in [-0.3, -0.25) is 0 Å². The molecule has 2 N–H and O–H groups in total. The van der Waals surface area contributed by atoms with E-state index in [0.29, 0.717) is 19.7 Å². The Labute approximate surface area is 136 Å². The van der Waals surface area contributed by atoms with E-state index in [2.05, 4.69) is 15.6 Å². The van der Waals surface area contributed by atoms with Crippen molar-refractivity contribution in [3.8, 4) is 5.75 Å². The predicted octanol–water partition coefficient (Wildman–Crippen LogP) is 2.35. The minimum absolute atomic E-state index is 0.0352. The van der Waals surface area contributed by atoms with Crippen LogP contribution in [-0.2, 0) is 6.54 Å². The molecule has 2 rings (SSSR count). The van der Waals surface area contributed by atoms with Crippen LogP contribution >= 0.6 is 0 Å². The highest BCUT2D eigenvalue weighted by Gasteiger charge is 2.06. The Kier molecular flexibility index (Phi) is 6.47. The van der Waals surface area contributed by atoms with E-state index in [1.165, 1.54) is 5.56 Å². The van der Waals surface area contributed by atoms with Gasteiger partial charge in [-0.1, -0.05) is 17.7 Å². The number of nitrogens with one attached hydrogen (secondary N) is 2. The monoisotopic (exact) mass is 316 g/mol. The summed E-state index contributed by atoms with van der Waals surface area (Å²) in [6.45, 7) is 5.85. The Morgan fingerprint density at radius 3 is 2.83 bits per heavy atom. The highest BCUT2D eigenvalue weighted by atomic mass is 16.5. The predicted molar refractivity (Wildman–Crippen MR) is 89.5 cm³/mol. The van der Waals surface area contributed by atoms with Crippen molar-refractivity contribution in [2.75, 3.05) is 13.2 Å². The van der Waals surface area contributed by atoms with Crippen LogP contribution in [0.1, 0.15) is 18.9 Å². The normalized spacial score (nSPS) is 11.7. The first kappa shape index (κ1) is 16.9. The molecule has 0 fully saturated rings. The average Bonchev–Trinajstić information content (AvgIpc) is 3.01. The molecule has 23 heavy (non-hydrogen) atoms. The number of amides is 2. The van der Waals surface area contributed by atoms with Gasteiger partial charge in [0, 0.05) is 31.5 Å². The van der Waals surface area contributed by atoms with Crippen molar-refractivity contribution >= 4 is 6.03 Å². The van der Waals surface area contributed by atoms with Gasteiger partial charge in [0.15, 0.2) is 0 Å². The number of rotatable bonds is 8. The van der Waals surface area contributed by atoms with Crippen LogP contribution in [0.3, 0.4) is 0 Å². The van der Waals surface area contributed by atoms with Crippen molar-refractivity contribution in [3.05, 3.63) is 48.5 Å². The molecule has 1 heterocycles. The van der Waals surface area contributed by atoms with Gasteiger partial charge >= 0.3 is 6.03 Å². The van der Waals surface area contributed by atoms with Crippen LogP contribution in [0.4, 0.5) is 4.79 Å². The second-order valence-electron chi connectivity index (χ2n) is 5.58. The van der Waals surface area contributed by atoms with E-state index in [4.69, 9.17) is 4.74 Å². The standard InChI is InChI=1S/C17H24N4O2/c1-14-4-6-16(7-5-14)23-11-3-8-19-17(22)20-15(2)12-21-10-9-18-13-21/h4-7,9-10,13,15H,3,8,11-12H2,1-2H3,(H2,19,20,22). The van der Waals surface area contributed by atoms with Crippen LogP contribution in [-0.4, -0.2) is 34.8 Å². The summed E-state index contributed by atoms with van der Waals surface area (Å²) in [5.74, 6) is 0.856. The second-order valence-corrected chi connectivity index (χ2v) is 5.58. The molecule has 0 spiro atoms. The van der Waals surface area contributed by atoms with Gasteiger partial charge < -0.3 is 19.9 Å². The van der Waals surface area contributed by atoms with Crippen LogP contribution < -0.4 is 15.4 Å². The van der Waals surface area contributed by atoms with Crippen molar-refractivity contribution in [1.82, 2.24) is 20.2 Å². The maximum atomic E-state index is 11.8. The summed E-state index contributed by atoms with van der Waals surface area (Å²) in [6, 6.07) is 7.81. The molecular weight excluding hydrogens is 292 g/mol. The number of hydrogen-bond acceptors (Lipinski definition) is 3. The van der Waals surface area contributed by atoms with Crippen molar-refractivity contribution in [3.63, 3.8) is 0 Å². The largest absolute Gasteiger partial charge is 0.494 e. The van der Waals surface area contributed by atoms with Crippen molar-refractivity contribution in [1.29, 1.82) is 0 Å². The van der Waals surface area contributed by atoms with E-state index in [0.717, 1.165) is 12.2 Å². The summed E-state index contributed by atoms with van der Waals surface area (Å²) in [5, 5.41) is 5.73. The molecule has 124 valence electrons. The zero-order valence-corrected chi connectivity index (χ0v) is 13.7. The molecule has 1 unspecified atom stereocenters. The van der Waals surface area contributed by atoms with Gasteiger partial charge in [-0.15, -0.1) is 0 Å². The molecule has 6 heteroatoms. The van der Waals surface area contributed by atoms with Crippen LogP contribution in [0, 0.1) is 6.92 Å². The number of imidazole rings is 1. The third-order valence-electron chi connectivity index (χ3n) is 3.32. The van der Waals surface area contributed by atoms with Gasteiger partial charge in [-0.25, -0.2) is 9.78 Å². The Hall–Kier alpha value is -2.50. The maximum Gasteiger partial charge on any atom is 0.315 e.